The predicted molar refractivity (Wildman–Crippen MR) is 115 cm³/mol. The van der Waals surface area contributed by atoms with E-state index in [0.717, 1.165) is 5.56 Å². The number of aldehydes is 1. The zero-order valence-corrected chi connectivity index (χ0v) is 16.5. The van der Waals surface area contributed by atoms with Crippen LogP contribution in [0.15, 0.2) is 78.9 Å². The Morgan fingerprint density at radius 2 is 1.70 bits per heavy atom. The molecule has 0 heterocycles. The second-order valence-electron chi connectivity index (χ2n) is 6.68. The highest BCUT2D eigenvalue weighted by Crippen LogP contribution is 2.18. The molecule has 0 unspecified atom stereocenters. The van der Waals surface area contributed by atoms with Crippen LogP contribution >= 0.6 is 0 Å². The van der Waals surface area contributed by atoms with E-state index in [0.29, 0.717) is 28.8 Å². The molecule has 0 spiro atoms. The maximum absolute atomic E-state index is 12.8. The number of para-hydroxylation sites is 1. The minimum atomic E-state index is -0.414. The van der Waals surface area contributed by atoms with Crippen LogP contribution in [0.25, 0.3) is 0 Å². The Kier molecular flexibility index (Phi) is 6.95. The predicted octanol–water partition coefficient (Wildman–Crippen LogP) is 4.01. The van der Waals surface area contributed by atoms with Crippen molar-refractivity contribution >= 4 is 23.8 Å². The highest BCUT2D eigenvalue weighted by atomic mass is 16.5. The van der Waals surface area contributed by atoms with Crippen molar-refractivity contribution < 1.29 is 19.1 Å². The number of anilines is 1. The largest absolute Gasteiger partial charge is 0.484 e. The number of carbonyl (C=O) groups is 3. The van der Waals surface area contributed by atoms with Gasteiger partial charge in [0.2, 0.25) is 0 Å². The first-order chi connectivity index (χ1) is 14.6. The van der Waals surface area contributed by atoms with E-state index in [4.69, 9.17) is 4.74 Å². The van der Waals surface area contributed by atoms with Gasteiger partial charge in [-0.3, -0.25) is 14.4 Å². The van der Waals surface area contributed by atoms with E-state index >= 15 is 0 Å². The zero-order chi connectivity index (χ0) is 21.3. The monoisotopic (exact) mass is 402 g/mol. The quantitative estimate of drug-likeness (QED) is 0.558. The van der Waals surface area contributed by atoms with Gasteiger partial charge in [0.05, 0.1) is 17.3 Å². The highest BCUT2D eigenvalue weighted by Gasteiger charge is 2.16. The highest BCUT2D eigenvalue weighted by molar-refractivity contribution is 6.04. The topological polar surface area (TPSA) is 84.5 Å². The van der Waals surface area contributed by atoms with Crippen LogP contribution in [0.3, 0.4) is 0 Å². The van der Waals surface area contributed by atoms with Gasteiger partial charge in [0.1, 0.15) is 12.0 Å². The molecule has 0 bridgehead atoms. The van der Waals surface area contributed by atoms with Gasteiger partial charge in [0.15, 0.2) is 6.61 Å². The molecule has 3 rings (SSSR count). The molecule has 0 aliphatic rings. The Balaban J connectivity index is 1.63. The summed E-state index contributed by atoms with van der Waals surface area (Å²) >= 11 is 0. The van der Waals surface area contributed by atoms with Crippen molar-refractivity contribution in [1.29, 1.82) is 0 Å². The number of ether oxygens (including phenoxy) is 1. The van der Waals surface area contributed by atoms with Gasteiger partial charge in [-0.1, -0.05) is 54.6 Å². The lowest BCUT2D eigenvalue weighted by Crippen LogP contribution is -2.28. The Bertz CT molecular complexity index is 1030. The normalized spacial score (nSPS) is 11.2. The van der Waals surface area contributed by atoms with E-state index in [2.05, 4.69) is 10.6 Å². The fraction of sp³-hybridized carbons (Fsp3) is 0.125. The molecule has 30 heavy (non-hydrogen) atoms. The van der Waals surface area contributed by atoms with Crippen molar-refractivity contribution in [1.82, 2.24) is 5.32 Å². The molecule has 2 N–H and O–H groups in total. The number of hydrogen-bond acceptors (Lipinski definition) is 4. The first kappa shape index (κ1) is 20.8. The number of amides is 2. The van der Waals surface area contributed by atoms with Crippen molar-refractivity contribution in [3.05, 3.63) is 95.6 Å². The molecule has 0 aliphatic carbocycles. The molecule has 0 fully saturated rings. The van der Waals surface area contributed by atoms with E-state index in [1.165, 1.54) is 0 Å². The van der Waals surface area contributed by atoms with Crippen molar-refractivity contribution in [3.8, 4) is 5.75 Å². The summed E-state index contributed by atoms with van der Waals surface area (Å²) in [5.41, 5.74) is 2.20. The molecule has 152 valence electrons. The minimum absolute atomic E-state index is 0.184. The summed E-state index contributed by atoms with van der Waals surface area (Å²) in [6, 6.07) is 22.7. The van der Waals surface area contributed by atoms with Crippen LogP contribution in [0.4, 0.5) is 5.69 Å². The van der Waals surface area contributed by atoms with E-state index in [-0.39, 0.29) is 18.6 Å². The Morgan fingerprint density at radius 1 is 0.967 bits per heavy atom. The number of carbonyl (C=O) groups excluding carboxylic acids is 3. The van der Waals surface area contributed by atoms with Gasteiger partial charge in [-0.2, -0.15) is 0 Å². The Hall–Kier alpha value is -3.93. The summed E-state index contributed by atoms with van der Waals surface area (Å²) in [6.07, 6.45) is 0.707. The molecule has 1 atom stereocenters. The lowest BCUT2D eigenvalue weighted by atomic mass is 10.1. The molecule has 0 saturated carbocycles. The number of benzene rings is 3. The molecule has 2 amide bonds. The van der Waals surface area contributed by atoms with Crippen LogP contribution < -0.4 is 15.4 Å². The molecule has 0 radical (unpaired) electrons. The fourth-order valence-corrected chi connectivity index (χ4v) is 2.90. The van der Waals surface area contributed by atoms with Crippen LogP contribution in [0.5, 0.6) is 5.75 Å². The van der Waals surface area contributed by atoms with Crippen molar-refractivity contribution in [2.45, 2.75) is 13.0 Å². The molecule has 6 heteroatoms. The maximum Gasteiger partial charge on any atom is 0.262 e. The molecular formula is C24H22N2O4. The standard InChI is InChI=1S/C24H22N2O4/c1-17(19-9-3-2-4-10-19)25-24(29)21-12-5-6-13-22(21)26-23(28)16-30-20-11-7-8-18(14-20)15-27/h2-15,17H,16H2,1H3,(H,25,29)(H,26,28)/t17-/m0/s1. The van der Waals surface area contributed by atoms with Crippen molar-refractivity contribution in [2.24, 2.45) is 0 Å². The molecule has 6 nitrogen and oxygen atoms in total. The summed E-state index contributed by atoms with van der Waals surface area (Å²) in [6.45, 7) is 1.65. The molecule has 0 saturated heterocycles. The third-order valence-corrected chi connectivity index (χ3v) is 4.46. The number of hydrogen-bond donors (Lipinski definition) is 2. The van der Waals surface area contributed by atoms with Gasteiger partial charge in [0.25, 0.3) is 11.8 Å². The van der Waals surface area contributed by atoms with E-state index in [9.17, 15) is 14.4 Å². The smallest absolute Gasteiger partial charge is 0.262 e. The van der Waals surface area contributed by atoms with Gasteiger partial charge in [-0.05, 0) is 36.8 Å². The zero-order valence-electron chi connectivity index (χ0n) is 16.5. The van der Waals surface area contributed by atoms with E-state index in [1.54, 1.807) is 48.5 Å². The third-order valence-electron chi connectivity index (χ3n) is 4.46. The lowest BCUT2D eigenvalue weighted by molar-refractivity contribution is -0.118. The third kappa shape index (κ3) is 5.54. The summed E-state index contributed by atoms with van der Waals surface area (Å²) in [7, 11) is 0. The summed E-state index contributed by atoms with van der Waals surface area (Å²) in [5.74, 6) is -0.290. The first-order valence-electron chi connectivity index (χ1n) is 9.49. The average Bonchev–Trinajstić information content (AvgIpc) is 2.78. The molecule has 0 aliphatic heterocycles. The van der Waals surface area contributed by atoms with Crippen LogP contribution in [-0.4, -0.2) is 24.7 Å². The van der Waals surface area contributed by atoms with E-state index in [1.807, 2.05) is 37.3 Å². The molecule has 3 aromatic carbocycles. The van der Waals surface area contributed by atoms with Gasteiger partial charge in [-0.25, -0.2) is 0 Å². The Labute approximate surface area is 174 Å². The van der Waals surface area contributed by atoms with Crippen molar-refractivity contribution in [3.63, 3.8) is 0 Å². The summed E-state index contributed by atoms with van der Waals surface area (Å²) < 4.78 is 5.43. The van der Waals surface area contributed by atoms with Crippen molar-refractivity contribution in [2.75, 3.05) is 11.9 Å². The van der Waals surface area contributed by atoms with Crippen LogP contribution in [-0.2, 0) is 4.79 Å². The SMILES string of the molecule is C[C@H](NC(=O)c1ccccc1NC(=O)COc1cccc(C=O)c1)c1ccccc1. The number of rotatable bonds is 8. The second-order valence-corrected chi connectivity index (χ2v) is 6.68. The second kappa shape index (κ2) is 10.0. The summed E-state index contributed by atoms with van der Waals surface area (Å²) in [4.78, 5) is 35.9. The van der Waals surface area contributed by atoms with Gasteiger partial charge in [0, 0.05) is 5.56 Å². The fourth-order valence-electron chi connectivity index (χ4n) is 2.90. The minimum Gasteiger partial charge on any atom is -0.484 e. The van der Waals surface area contributed by atoms with Crippen LogP contribution in [0.2, 0.25) is 0 Å². The number of nitrogens with one attached hydrogen (secondary N) is 2. The van der Waals surface area contributed by atoms with Crippen LogP contribution in [0, 0.1) is 0 Å². The lowest BCUT2D eigenvalue weighted by Gasteiger charge is -2.16. The maximum atomic E-state index is 12.8. The molecule has 3 aromatic rings. The molecular weight excluding hydrogens is 380 g/mol. The molecule has 0 aromatic heterocycles. The van der Waals surface area contributed by atoms with Gasteiger partial charge in [-0.15, -0.1) is 0 Å². The van der Waals surface area contributed by atoms with Crippen LogP contribution in [0.1, 0.15) is 39.2 Å². The average molecular weight is 402 g/mol. The first-order valence-corrected chi connectivity index (χ1v) is 9.49. The van der Waals surface area contributed by atoms with E-state index < -0.39 is 5.91 Å². The van der Waals surface area contributed by atoms with Gasteiger partial charge >= 0.3 is 0 Å². The summed E-state index contributed by atoms with van der Waals surface area (Å²) in [5, 5.41) is 5.65. The Morgan fingerprint density at radius 3 is 2.47 bits per heavy atom. The van der Waals surface area contributed by atoms with Gasteiger partial charge < -0.3 is 15.4 Å².